The van der Waals surface area contributed by atoms with Gasteiger partial charge in [0.2, 0.25) is 0 Å². The zero-order valence-corrected chi connectivity index (χ0v) is 11.5. The number of anilines is 1. The van der Waals surface area contributed by atoms with Gasteiger partial charge in [0.1, 0.15) is 11.5 Å². The number of nitrogens with zero attached hydrogens (tertiary/aromatic N) is 1. The minimum Gasteiger partial charge on any atom is -0.496 e. The van der Waals surface area contributed by atoms with Crippen molar-refractivity contribution < 1.29 is 9.26 Å². The molecule has 0 aliphatic rings. The van der Waals surface area contributed by atoms with Gasteiger partial charge in [0, 0.05) is 28.0 Å². The van der Waals surface area contributed by atoms with Crippen molar-refractivity contribution in [3.8, 4) is 5.75 Å². The van der Waals surface area contributed by atoms with E-state index in [1.165, 1.54) is 0 Å². The number of hydrogen-bond donors (Lipinski definition) is 1. The van der Waals surface area contributed by atoms with Gasteiger partial charge in [-0.1, -0.05) is 5.16 Å². The molecule has 0 aliphatic heterocycles. The highest BCUT2D eigenvalue weighted by Gasteiger charge is 2.11. The van der Waals surface area contributed by atoms with E-state index in [9.17, 15) is 0 Å². The van der Waals surface area contributed by atoms with Crippen LogP contribution in [0.3, 0.4) is 0 Å². The molecule has 96 valence electrons. The molecule has 0 amide bonds. The Morgan fingerprint density at radius 2 is 2.17 bits per heavy atom. The van der Waals surface area contributed by atoms with Crippen LogP contribution in [0.5, 0.6) is 5.75 Å². The smallest absolute Gasteiger partial charge is 0.137 e. The molecule has 5 heteroatoms. The summed E-state index contributed by atoms with van der Waals surface area (Å²) in [7, 11) is 1.65. The zero-order valence-electron chi connectivity index (χ0n) is 10.7. The van der Waals surface area contributed by atoms with E-state index in [0.29, 0.717) is 5.69 Å². The summed E-state index contributed by atoms with van der Waals surface area (Å²) in [6.45, 7) is 3.88. The van der Waals surface area contributed by atoms with Gasteiger partial charge in [-0.05, 0) is 26.0 Å². The minimum atomic E-state index is 0.702. The highest BCUT2D eigenvalue weighted by Crippen LogP contribution is 2.34. The predicted molar refractivity (Wildman–Crippen MR) is 72.9 cm³/mol. The van der Waals surface area contributed by atoms with Gasteiger partial charge in [0.15, 0.2) is 0 Å². The lowest BCUT2D eigenvalue weighted by atomic mass is 10.2. The number of rotatable bonds is 4. The van der Waals surface area contributed by atoms with E-state index < -0.39 is 0 Å². The normalized spacial score (nSPS) is 10.6. The van der Waals surface area contributed by atoms with Crippen molar-refractivity contribution in [2.24, 2.45) is 0 Å². The minimum absolute atomic E-state index is 0.702. The number of benzene rings is 1. The monoisotopic (exact) mass is 264 g/mol. The Bertz CT molecular complexity index is 532. The van der Waals surface area contributed by atoms with Crippen molar-refractivity contribution in [2.75, 3.05) is 12.8 Å². The summed E-state index contributed by atoms with van der Waals surface area (Å²) in [5, 5.41) is 3.95. The van der Waals surface area contributed by atoms with E-state index >= 15 is 0 Å². The van der Waals surface area contributed by atoms with Crippen LogP contribution in [0.15, 0.2) is 27.6 Å². The van der Waals surface area contributed by atoms with Crippen LogP contribution in [0.4, 0.5) is 5.69 Å². The first-order chi connectivity index (χ1) is 8.61. The van der Waals surface area contributed by atoms with Crippen LogP contribution in [0, 0.1) is 13.8 Å². The van der Waals surface area contributed by atoms with Crippen LogP contribution in [-0.2, 0) is 5.75 Å². The molecule has 18 heavy (non-hydrogen) atoms. The third-order valence-electron chi connectivity index (χ3n) is 2.74. The highest BCUT2D eigenvalue weighted by atomic mass is 32.2. The van der Waals surface area contributed by atoms with Gasteiger partial charge in [-0.15, -0.1) is 11.8 Å². The van der Waals surface area contributed by atoms with Gasteiger partial charge in [0.25, 0.3) is 0 Å². The molecule has 1 aromatic carbocycles. The molecular formula is C13H16N2O2S. The molecular weight excluding hydrogens is 248 g/mol. The number of thioether (sulfide) groups is 1. The van der Waals surface area contributed by atoms with Crippen molar-refractivity contribution in [1.29, 1.82) is 0 Å². The number of nitrogens with two attached hydrogens (primary N) is 1. The van der Waals surface area contributed by atoms with Crippen LogP contribution in [0.25, 0.3) is 0 Å². The number of ether oxygens (including phenoxy) is 1. The van der Waals surface area contributed by atoms with E-state index in [0.717, 1.165) is 33.4 Å². The number of nitrogen functional groups attached to an aromatic ring is 1. The summed E-state index contributed by atoms with van der Waals surface area (Å²) in [6.07, 6.45) is 0. The molecule has 0 aliphatic carbocycles. The van der Waals surface area contributed by atoms with Gasteiger partial charge in [-0.3, -0.25) is 0 Å². The molecule has 0 spiro atoms. The number of aromatic nitrogens is 1. The number of hydrogen-bond acceptors (Lipinski definition) is 5. The zero-order chi connectivity index (χ0) is 13.1. The summed E-state index contributed by atoms with van der Waals surface area (Å²) in [4.78, 5) is 1.06. The van der Waals surface area contributed by atoms with Gasteiger partial charge >= 0.3 is 0 Å². The van der Waals surface area contributed by atoms with E-state index in [4.69, 9.17) is 15.0 Å². The van der Waals surface area contributed by atoms with Crippen molar-refractivity contribution in [1.82, 2.24) is 5.16 Å². The van der Waals surface area contributed by atoms with Crippen molar-refractivity contribution >= 4 is 17.4 Å². The van der Waals surface area contributed by atoms with Crippen molar-refractivity contribution in [2.45, 2.75) is 24.5 Å². The molecule has 0 bridgehead atoms. The molecule has 4 nitrogen and oxygen atoms in total. The van der Waals surface area contributed by atoms with Gasteiger partial charge in [-0.25, -0.2) is 0 Å². The van der Waals surface area contributed by atoms with Crippen molar-refractivity contribution in [3.63, 3.8) is 0 Å². The molecule has 0 radical (unpaired) electrons. The number of aryl methyl sites for hydroxylation is 2. The lowest BCUT2D eigenvalue weighted by Gasteiger charge is -2.08. The summed E-state index contributed by atoms with van der Waals surface area (Å²) in [6, 6.07) is 5.67. The molecule has 0 unspecified atom stereocenters. The summed E-state index contributed by atoms with van der Waals surface area (Å²) >= 11 is 1.69. The maximum Gasteiger partial charge on any atom is 0.137 e. The Morgan fingerprint density at radius 1 is 1.39 bits per heavy atom. The Morgan fingerprint density at radius 3 is 2.78 bits per heavy atom. The molecule has 0 fully saturated rings. The molecule has 1 heterocycles. The largest absolute Gasteiger partial charge is 0.496 e. The molecule has 0 atom stereocenters. The molecule has 2 N–H and O–H groups in total. The predicted octanol–water partition coefficient (Wildman–Crippen LogP) is 3.17. The van der Waals surface area contributed by atoms with Gasteiger partial charge < -0.3 is 15.0 Å². The van der Waals surface area contributed by atoms with E-state index in [1.54, 1.807) is 18.9 Å². The summed E-state index contributed by atoms with van der Waals surface area (Å²) in [5.41, 5.74) is 8.51. The van der Waals surface area contributed by atoms with Crippen LogP contribution in [0.2, 0.25) is 0 Å². The standard InChI is InChI=1S/C13H16N2O2S/c1-8-11(9(2)17-15-8)7-18-13-5-4-10(14)6-12(13)16-3/h4-6H,7,14H2,1-3H3. The molecule has 1 aromatic heterocycles. The summed E-state index contributed by atoms with van der Waals surface area (Å²) in [5.74, 6) is 2.47. The number of methoxy groups -OCH3 is 1. The van der Waals surface area contributed by atoms with Crippen LogP contribution >= 0.6 is 11.8 Å². The van der Waals surface area contributed by atoms with Crippen LogP contribution < -0.4 is 10.5 Å². The quantitative estimate of drug-likeness (QED) is 0.679. The van der Waals surface area contributed by atoms with E-state index in [2.05, 4.69) is 5.16 Å². The first-order valence-electron chi connectivity index (χ1n) is 5.60. The average Bonchev–Trinajstić information content (AvgIpc) is 2.68. The van der Waals surface area contributed by atoms with Gasteiger partial charge in [0.05, 0.1) is 12.8 Å². The third kappa shape index (κ3) is 2.61. The molecule has 0 saturated carbocycles. The maximum atomic E-state index is 5.73. The second-order valence-corrected chi connectivity index (χ2v) is 5.02. The Labute approximate surface area is 110 Å². The van der Waals surface area contributed by atoms with Crippen molar-refractivity contribution in [3.05, 3.63) is 35.2 Å². The topological polar surface area (TPSA) is 61.3 Å². The Hall–Kier alpha value is -1.62. The third-order valence-corrected chi connectivity index (χ3v) is 3.82. The second kappa shape index (κ2) is 5.35. The second-order valence-electron chi connectivity index (χ2n) is 4.00. The molecule has 2 aromatic rings. The molecule has 0 saturated heterocycles. The fraction of sp³-hybridized carbons (Fsp3) is 0.308. The van der Waals surface area contributed by atoms with Crippen LogP contribution in [0.1, 0.15) is 17.0 Å². The fourth-order valence-corrected chi connectivity index (χ4v) is 2.82. The average molecular weight is 264 g/mol. The summed E-state index contributed by atoms with van der Waals surface area (Å²) < 4.78 is 10.5. The van der Waals surface area contributed by atoms with E-state index in [-0.39, 0.29) is 0 Å². The van der Waals surface area contributed by atoms with E-state index in [1.807, 2.05) is 32.0 Å². The van der Waals surface area contributed by atoms with Crippen LogP contribution in [-0.4, -0.2) is 12.3 Å². The Kier molecular flexibility index (Phi) is 3.81. The highest BCUT2D eigenvalue weighted by molar-refractivity contribution is 7.98. The molecule has 2 rings (SSSR count). The lowest BCUT2D eigenvalue weighted by Crippen LogP contribution is -1.91. The maximum absolute atomic E-state index is 5.73. The fourth-order valence-electron chi connectivity index (χ4n) is 1.66. The first kappa shape index (κ1) is 12.8. The Balaban J connectivity index is 2.15. The SMILES string of the molecule is COc1cc(N)ccc1SCc1c(C)noc1C. The lowest BCUT2D eigenvalue weighted by molar-refractivity contribution is 0.392. The van der Waals surface area contributed by atoms with Gasteiger partial charge in [-0.2, -0.15) is 0 Å². The first-order valence-corrected chi connectivity index (χ1v) is 6.58.